The van der Waals surface area contributed by atoms with E-state index in [9.17, 15) is 9.18 Å². The highest BCUT2D eigenvalue weighted by atomic mass is 19.1. The molecule has 4 heteroatoms. The molecule has 132 valence electrons. The summed E-state index contributed by atoms with van der Waals surface area (Å²) in [6, 6.07) is 14.9. The van der Waals surface area contributed by atoms with Gasteiger partial charge in [-0.25, -0.2) is 4.39 Å². The number of nitrogens with two attached hydrogens (primary N) is 1. The van der Waals surface area contributed by atoms with E-state index in [1.165, 1.54) is 0 Å². The van der Waals surface area contributed by atoms with E-state index < -0.39 is 0 Å². The minimum atomic E-state index is -0.308. The molecule has 3 rings (SSSR count). The summed E-state index contributed by atoms with van der Waals surface area (Å²) >= 11 is 0. The van der Waals surface area contributed by atoms with Crippen molar-refractivity contribution in [3.05, 3.63) is 71.0 Å². The number of amides is 1. The molecule has 1 saturated heterocycles. The second kappa shape index (κ2) is 7.36. The molecule has 2 aromatic carbocycles. The van der Waals surface area contributed by atoms with Crippen molar-refractivity contribution in [1.82, 2.24) is 4.90 Å². The molecular weight excluding hydrogens is 315 g/mol. The Hall–Kier alpha value is -2.20. The lowest BCUT2D eigenvalue weighted by molar-refractivity contribution is -0.122. The van der Waals surface area contributed by atoms with Gasteiger partial charge in [-0.05, 0) is 48.1 Å². The summed E-state index contributed by atoms with van der Waals surface area (Å²) in [5.74, 6) is -0.365. The van der Waals surface area contributed by atoms with E-state index in [-0.39, 0.29) is 29.7 Å². The number of carbonyl (C=O) groups is 1. The van der Waals surface area contributed by atoms with Gasteiger partial charge < -0.3 is 5.73 Å². The highest BCUT2D eigenvalue weighted by Gasteiger charge is 2.35. The van der Waals surface area contributed by atoms with Crippen molar-refractivity contribution in [3.63, 3.8) is 0 Å². The molecule has 1 aliphatic heterocycles. The average Bonchev–Trinajstić information content (AvgIpc) is 3.05. The zero-order valence-corrected chi connectivity index (χ0v) is 14.8. The number of benzene rings is 2. The van der Waals surface area contributed by atoms with Crippen molar-refractivity contribution in [2.24, 2.45) is 5.73 Å². The summed E-state index contributed by atoms with van der Waals surface area (Å²) < 4.78 is 14.6. The van der Waals surface area contributed by atoms with Crippen molar-refractivity contribution in [2.45, 2.75) is 44.7 Å². The highest BCUT2D eigenvalue weighted by molar-refractivity contribution is 5.80. The van der Waals surface area contributed by atoms with E-state index in [0.717, 1.165) is 30.5 Å². The monoisotopic (exact) mass is 340 g/mol. The van der Waals surface area contributed by atoms with Crippen LogP contribution in [0.2, 0.25) is 0 Å². The van der Waals surface area contributed by atoms with Gasteiger partial charge in [0.15, 0.2) is 0 Å². The van der Waals surface area contributed by atoms with Gasteiger partial charge in [-0.3, -0.25) is 9.69 Å². The molecule has 0 aromatic heterocycles. The van der Waals surface area contributed by atoms with Crippen LogP contribution < -0.4 is 5.73 Å². The van der Waals surface area contributed by atoms with Gasteiger partial charge in [0.1, 0.15) is 5.82 Å². The Morgan fingerprint density at radius 1 is 1.16 bits per heavy atom. The van der Waals surface area contributed by atoms with E-state index >= 15 is 0 Å². The van der Waals surface area contributed by atoms with Crippen LogP contribution in [0.5, 0.6) is 0 Å². The fourth-order valence-corrected chi connectivity index (χ4v) is 3.80. The second-order valence-corrected chi connectivity index (χ2v) is 7.05. The summed E-state index contributed by atoms with van der Waals surface area (Å²) in [7, 11) is 0. The lowest BCUT2D eigenvalue weighted by Crippen LogP contribution is -2.42. The van der Waals surface area contributed by atoms with Crippen LogP contribution in [0.3, 0.4) is 0 Å². The Kier molecular flexibility index (Phi) is 5.19. The van der Waals surface area contributed by atoms with Crippen molar-refractivity contribution >= 4 is 5.91 Å². The molecule has 3 nitrogen and oxygen atoms in total. The average molecular weight is 340 g/mol. The maximum Gasteiger partial charge on any atom is 0.234 e. The molecule has 2 atom stereocenters. The molecule has 2 N–H and O–H groups in total. The van der Waals surface area contributed by atoms with Gasteiger partial charge >= 0.3 is 0 Å². The number of halogens is 1. The van der Waals surface area contributed by atoms with Crippen molar-refractivity contribution in [3.8, 4) is 0 Å². The smallest absolute Gasteiger partial charge is 0.234 e. The van der Waals surface area contributed by atoms with Gasteiger partial charge in [0.2, 0.25) is 5.91 Å². The number of rotatable bonds is 5. The predicted octanol–water partition coefficient (Wildman–Crippen LogP) is 3.99. The minimum Gasteiger partial charge on any atom is -0.368 e. The summed E-state index contributed by atoms with van der Waals surface area (Å²) in [6.07, 6.45) is 1.68. The normalized spacial score (nSPS) is 19.3. The van der Waals surface area contributed by atoms with E-state index in [0.29, 0.717) is 5.56 Å². The summed E-state index contributed by atoms with van der Waals surface area (Å²) in [6.45, 7) is 4.74. The molecule has 0 bridgehead atoms. The van der Waals surface area contributed by atoms with Crippen molar-refractivity contribution in [2.75, 3.05) is 6.54 Å². The number of likely N-dealkylation sites (tertiary alicyclic amines) is 1. The first-order valence-corrected chi connectivity index (χ1v) is 8.88. The largest absolute Gasteiger partial charge is 0.368 e. The molecule has 1 heterocycles. The minimum absolute atomic E-state index is 0.134. The van der Waals surface area contributed by atoms with Crippen LogP contribution in [0.25, 0.3) is 0 Å². The lowest BCUT2D eigenvalue weighted by atomic mass is 9.93. The third-order valence-electron chi connectivity index (χ3n) is 5.03. The zero-order valence-electron chi connectivity index (χ0n) is 14.8. The fourth-order valence-electron chi connectivity index (χ4n) is 3.80. The quantitative estimate of drug-likeness (QED) is 0.894. The van der Waals surface area contributed by atoms with Gasteiger partial charge in [-0.15, -0.1) is 0 Å². The maximum atomic E-state index is 14.6. The molecule has 0 spiro atoms. The third-order valence-corrected chi connectivity index (χ3v) is 5.03. The summed E-state index contributed by atoms with van der Waals surface area (Å²) in [5, 5.41) is 0. The number of hydrogen-bond acceptors (Lipinski definition) is 2. The van der Waals surface area contributed by atoms with Crippen LogP contribution in [0.4, 0.5) is 4.39 Å². The maximum absolute atomic E-state index is 14.6. The second-order valence-electron chi connectivity index (χ2n) is 7.05. The Labute approximate surface area is 148 Å². The molecule has 1 aliphatic rings. The van der Waals surface area contributed by atoms with Crippen LogP contribution in [0.15, 0.2) is 48.5 Å². The fraction of sp³-hybridized carbons (Fsp3) is 0.381. The first-order chi connectivity index (χ1) is 12.0. The number of primary amides is 1. The van der Waals surface area contributed by atoms with Crippen LogP contribution in [0.1, 0.15) is 55.3 Å². The molecule has 25 heavy (non-hydrogen) atoms. The molecule has 1 unspecified atom stereocenters. The highest BCUT2D eigenvalue weighted by Crippen LogP contribution is 2.35. The topological polar surface area (TPSA) is 46.3 Å². The van der Waals surface area contributed by atoms with Gasteiger partial charge in [-0.2, -0.15) is 0 Å². The van der Waals surface area contributed by atoms with Gasteiger partial charge in [0, 0.05) is 0 Å². The standard InChI is InChI=1S/C21H25FN2O/c1-14(2)17-11-10-16(13-18(17)22)20(15-7-4-3-5-8-15)24-12-6-9-19(24)21(23)25/h3-5,7-8,10-11,13-14,19-20H,6,9,12H2,1-2H3,(H2,23,25)/t19?,20-/m0/s1. The predicted molar refractivity (Wildman–Crippen MR) is 97.7 cm³/mol. The first kappa shape index (κ1) is 17.6. The van der Waals surface area contributed by atoms with Gasteiger partial charge in [0.05, 0.1) is 12.1 Å². The van der Waals surface area contributed by atoms with Crippen LogP contribution in [-0.4, -0.2) is 23.4 Å². The third kappa shape index (κ3) is 3.59. The van der Waals surface area contributed by atoms with Crippen LogP contribution in [-0.2, 0) is 4.79 Å². The zero-order chi connectivity index (χ0) is 18.0. The van der Waals surface area contributed by atoms with E-state index in [2.05, 4.69) is 4.90 Å². The van der Waals surface area contributed by atoms with Crippen molar-refractivity contribution < 1.29 is 9.18 Å². The molecule has 0 aliphatic carbocycles. The lowest BCUT2D eigenvalue weighted by Gasteiger charge is -2.32. The summed E-state index contributed by atoms with van der Waals surface area (Å²) in [4.78, 5) is 14.0. The van der Waals surface area contributed by atoms with Crippen LogP contribution in [0, 0.1) is 5.82 Å². The number of carbonyl (C=O) groups excluding carboxylic acids is 1. The Bertz CT molecular complexity index is 745. The molecule has 1 fully saturated rings. The van der Waals surface area contributed by atoms with Gasteiger partial charge in [-0.1, -0.05) is 56.3 Å². The Morgan fingerprint density at radius 3 is 2.48 bits per heavy atom. The molecule has 2 aromatic rings. The Morgan fingerprint density at radius 2 is 1.88 bits per heavy atom. The Balaban J connectivity index is 2.06. The van der Waals surface area contributed by atoms with Crippen LogP contribution >= 0.6 is 0 Å². The molecule has 0 saturated carbocycles. The van der Waals surface area contributed by atoms with E-state index in [1.54, 1.807) is 6.07 Å². The molecular formula is C21H25FN2O. The molecule has 0 radical (unpaired) electrons. The SMILES string of the molecule is CC(C)c1ccc([C@H](c2ccccc2)N2CCCC2C(N)=O)cc1F. The summed E-state index contributed by atoms with van der Waals surface area (Å²) in [5.41, 5.74) is 8.24. The number of hydrogen-bond donors (Lipinski definition) is 1. The first-order valence-electron chi connectivity index (χ1n) is 8.88. The van der Waals surface area contributed by atoms with E-state index in [4.69, 9.17) is 5.73 Å². The van der Waals surface area contributed by atoms with Gasteiger partial charge in [0.25, 0.3) is 0 Å². The van der Waals surface area contributed by atoms with Crippen molar-refractivity contribution in [1.29, 1.82) is 0 Å². The molecule has 1 amide bonds. The van der Waals surface area contributed by atoms with E-state index in [1.807, 2.05) is 56.3 Å². The number of nitrogens with zero attached hydrogens (tertiary/aromatic N) is 1.